The third-order valence-electron chi connectivity index (χ3n) is 4.59. The first-order valence-corrected chi connectivity index (χ1v) is 8.77. The lowest BCUT2D eigenvalue weighted by molar-refractivity contribution is -0.126. The molecule has 2 amide bonds. The molecule has 0 radical (unpaired) electrons. The summed E-state index contributed by atoms with van der Waals surface area (Å²) in [7, 11) is 1.31. The van der Waals surface area contributed by atoms with E-state index in [1.54, 1.807) is 24.3 Å². The second-order valence-electron chi connectivity index (χ2n) is 6.31. The first-order chi connectivity index (χ1) is 12.0. The zero-order chi connectivity index (χ0) is 18.2. The minimum atomic E-state index is -0.493. The predicted octanol–water partition coefficient (Wildman–Crippen LogP) is 2.52. The van der Waals surface area contributed by atoms with Crippen LogP contribution in [0, 0.1) is 5.92 Å². The van der Waals surface area contributed by atoms with Crippen LogP contribution in [0.4, 0.5) is 5.69 Å². The Balaban J connectivity index is 2.01. The van der Waals surface area contributed by atoms with Crippen molar-refractivity contribution in [1.29, 1.82) is 0 Å². The fraction of sp³-hybridized carbons (Fsp3) is 0.526. The number of methoxy groups -OCH3 is 1. The highest BCUT2D eigenvalue weighted by molar-refractivity contribution is 6.01. The molecule has 0 unspecified atom stereocenters. The van der Waals surface area contributed by atoms with Crippen LogP contribution in [-0.4, -0.2) is 38.0 Å². The number of carbonyl (C=O) groups excluding carboxylic acids is 3. The van der Waals surface area contributed by atoms with Crippen molar-refractivity contribution >= 4 is 23.5 Å². The minimum absolute atomic E-state index is 0.0597. The number of benzene rings is 1. The second kappa shape index (κ2) is 9.20. The topological polar surface area (TPSA) is 75.7 Å². The number of nitrogens with zero attached hydrogens (tertiary/aromatic N) is 1. The zero-order valence-electron chi connectivity index (χ0n) is 14.9. The summed E-state index contributed by atoms with van der Waals surface area (Å²) < 4.78 is 4.78. The van der Waals surface area contributed by atoms with Crippen molar-refractivity contribution in [1.82, 2.24) is 5.32 Å². The predicted molar refractivity (Wildman–Crippen MR) is 95.4 cm³/mol. The summed E-state index contributed by atoms with van der Waals surface area (Å²) >= 11 is 0. The fourth-order valence-electron chi connectivity index (χ4n) is 3.24. The number of esters is 1. The van der Waals surface area contributed by atoms with Gasteiger partial charge in [-0.2, -0.15) is 0 Å². The second-order valence-corrected chi connectivity index (χ2v) is 6.31. The highest BCUT2D eigenvalue weighted by Gasteiger charge is 2.22. The molecule has 136 valence electrons. The van der Waals surface area contributed by atoms with Crippen LogP contribution in [0.5, 0.6) is 0 Å². The van der Waals surface area contributed by atoms with Gasteiger partial charge in [-0.1, -0.05) is 31.4 Å². The van der Waals surface area contributed by atoms with E-state index in [2.05, 4.69) is 5.32 Å². The van der Waals surface area contributed by atoms with Gasteiger partial charge >= 0.3 is 5.97 Å². The van der Waals surface area contributed by atoms with Gasteiger partial charge < -0.3 is 15.0 Å². The summed E-state index contributed by atoms with van der Waals surface area (Å²) in [5, 5.41) is 2.92. The lowest BCUT2D eigenvalue weighted by Crippen LogP contribution is -2.40. The maximum atomic E-state index is 12.2. The number of amides is 2. The number of para-hydroxylation sites is 1. The monoisotopic (exact) mass is 346 g/mol. The molecule has 0 heterocycles. The molecule has 1 saturated carbocycles. The Morgan fingerprint density at radius 3 is 2.48 bits per heavy atom. The van der Waals surface area contributed by atoms with Gasteiger partial charge in [-0.15, -0.1) is 0 Å². The number of carbonyl (C=O) groups is 3. The Morgan fingerprint density at radius 2 is 1.84 bits per heavy atom. The average Bonchev–Trinajstić information content (AvgIpc) is 2.65. The summed E-state index contributed by atoms with van der Waals surface area (Å²) in [6, 6.07) is 6.81. The van der Waals surface area contributed by atoms with Crippen molar-refractivity contribution in [2.24, 2.45) is 5.92 Å². The van der Waals surface area contributed by atoms with E-state index in [1.165, 1.54) is 25.4 Å². The first kappa shape index (κ1) is 19.0. The third kappa shape index (κ3) is 5.05. The average molecular weight is 346 g/mol. The summed E-state index contributed by atoms with van der Waals surface area (Å²) in [6.07, 6.45) is 5.28. The Hall–Kier alpha value is -2.37. The largest absolute Gasteiger partial charge is 0.465 e. The van der Waals surface area contributed by atoms with E-state index < -0.39 is 5.97 Å². The fourth-order valence-corrected chi connectivity index (χ4v) is 3.24. The SMILES string of the molecule is COC(=O)c1ccccc1N(CCNC(=O)C1CCCCC1)C(C)=O. The lowest BCUT2D eigenvalue weighted by Gasteiger charge is -2.25. The Labute approximate surface area is 148 Å². The molecule has 0 bridgehead atoms. The molecule has 1 aliphatic rings. The van der Waals surface area contributed by atoms with Gasteiger partial charge in [0, 0.05) is 25.9 Å². The molecule has 0 aliphatic heterocycles. The zero-order valence-corrected chi connectivity index (χ0v) is 14.9. The van der Waals surface area contributed by atoms with Gasteiger partial charge in [-0.05, 0) is 25.0 Å². The molecule has 25 heavy (non-hydrogen) atoms. The van der Waals surface area contributed by atoms with E-state index in [0.29, 0.717) is 24.3 Å². The van der Waals surface area contributed by atoms with E-state index in [1.807, 2.05) is 0 Å². The Morgan fingerprint density at radius 1 is 1.16 bits per heavy atom. The molecular formula is C19H26N2O4. The summed E-state index contributed by atoms with van der Waals surface area (Å²) in [6.45, 7) is 2.10. The van der Waals surface area contributed by atoms with Crippen molar-refractivity contribution in [3.63, 3.8) is 0 Å². The normalized spacial score (nSPS) is 14.6. The number of hydrogen-bond donors (Lipinski definition) is 1. The molecule has 1 aromatic rings. The van der Waals surface area contributed by atoms with E-state index in [9.17, 15) is 14.4 Å². The van der Waals surface area contributed by atoms with Crippen molar-refractivity contribution < 1.29 is 19.1 Å². The molecule has 0 aromatic heterocycles. The molecule has 0 saturated heterocycles. The summed E-state index contributed by atoms with van der Waals surface area (Å²) in [5.74, 6) is -0.539. The lowest BCUT2D eigenvalue weighted by atomic mass is 9.89. The van der Waals surface area contributed by atoms with Crippen LogP contribution in [0.1, 0.15) is 49.4 Å². The van der Waals surface area contributed by atoms with E-state index in [-0.39, 0.29) is 17.7 Å². The van der Waals surface area contributed by atoms with Crippen molar-refractivity contribution in [2.75, 3.05) is 25.1 Å². The summed E-state index contributed by atoms with van der Waals surface area (Å²) in [5.41, 5.74) is 0.826. The molecular weight excluding hydrogens is 320 g/mol. The van der Waals surface area contributed by atoms with Crippen LogP contribution < -0.4 is 10.2 Å². The van der Waals surface area contributed by atoms with Crippen LogP contribution in [0.2, 0.25) is 0 Å². The third-order valence-corrected chi connectivity index (χ3v) is 4.59. The van der Waals surface area contributed by atoms with Gasteiger partial charge in [0.25, 0.3) is 0 Å². The number of hydrogen-bond acceptors (Lipinski definition) is 4. The van der Waals surface area contributed by atoms with Gasteiger partial charge in [0.2, 0.25) is 11.8 Å². The van der Waals surface area contributed by atoms with Crippen molar-refractivity contribution in [2.45, 2.75) is 39.0 Å². The van der Waals surface area contributed by atoms with Crippen LogP contribution in [-0.2, 0) is 14.3 Å². The number of rotatable bonds is 6. The molecule has 0 spiro atoms. The molecule has 1 aromatic carbocycles. The minimum Gasteiger partial charge on any atom is -0.465 e. The molecule has 1 N–H and O–H groups in total. The van der Waals surface area contributed by atoms with Crippen LogP contribution in [0.25, 0.3) is 0 Å². The highest BCUT2D eigenvalue weighted by atomic mass is 16.5. The molecule has 1 aliphatic carbocycles. The van der Waals surface area contributed by atoms with Gasteiger partial charge in [-0.3, -0.25) is 9.59 Å². The van der Waals surface area contributed by atoms with Gasteiger partial charge in [0.1, 0.15) is 0 Å². The molecule has 0 atom stereocenters. The number of anilines is 1. The highest BCUT2D eigenvalue weighted by Crippen LogP contribution is 2.24. The molecule has 6 nitrogen and oxygen atoms in total. The van der Waals surface area contributed by atoms with Crippen LogP contribution in [0.3, 0.4) is 0 Å². The van der Waals surface area contributed by atoms with Gasteiger partial charge in [0.15, 0.2) is 0 Å². The molecule has 2 rings (SSSR count). The standard InChI is InChI=1S/C19H26N2O4/c1-14(22)21(17-11-7-6-10-16(17)19(24)25-2)13-12-20-18(23)15-8-4-3-5-9-15/h6-7,10-11,15H,3-5,8-9,12-13H2,1-2H3,(H,20,23). The quantitative estimate of drug-likeness (QED) is 0.803. The Bertz CT molecular complexity index is 624. The van der Waals surface area contributed by atoms with Crippen molar-refractivity contribution in [3.8, 4) is 0 Å². The van der Waals surface area contributed by atoms with Gasteiger partial charge in [0.05, 0.1) is 18.4 Å². The first-order valence-electron chi connectivity index (χ1n) is 8.77. The van der Waals surface area contributed by atoms with E-state index in [4.69, 9.17) is 4.74 Å². The van der Waals surface area contributed by atoms with E-state index in [0.717, 1.165) is 25.7 Å². The Kier molecular flexibility index (Phi) is 6.98. The molecule has 6 heteroatoms. The number of nitrogens with one attached hydrogen (secondary N) is 1. The molecule has 1 fully saturated rings. The van der Waals surface area contributed by atoms with Gasteiger partial charge in [-0.25, -0.2) is 4.79 Å². The van der Waals surface area contributed by atoms with E-state index >= 15 is 0 Å². The maximum Gasteiger partial charge on any atom is 0.339 e. The van der Waals surface area contributed by atoms with Crippen molar-refractivity contribution in [3.05, 3.63) is 29.8 Å². The maximum absolute atomic E-state index is 12.2. The van der Waals surface area contributed by atoms with Crippen LogP contribution in [0.15, 0.2) is 24.3 Å². The number of ether oxygens (including phenoxy) is 1. The smallest absolute Gasteiger partial charge is 0.339 e. The van der Waals surface area contributed by atoms with Crippen LogP contribution >= 0.6 is 0 Å². The summed E-state index contributed by atoms with van der Waals surface area (Å²) in [4.78, 5) is 37.7.